The maximum Gasteiger partial charge on any atom is 0.488 e. The molecule has 0 saturated heterocycles. The molecular formula is C10H13BF2O3. The number of aliphatic hydroxyl groups excluding tert-OH is 1. The summed E-state index contributed by atoms with van der Waals surface area (Å²) in [7, 11) is -1.69. The van der Waals surface area contributed by atoms with Gasteiger partial charge in [0.15, 0.2) is 0 Å². The molecule has 0 fully saturated rings. The minimum absolute atomic E-state index is 0.160. The van der Waals surface area contributed by atoms with Gasteiger partial charge >= 0.3 is 7.12 Å². The molecule has 0 aliphatic carbocycles. The van der Waals surface area contributed by atoms with Crippen molar-refractivity contribution < 1.29 is 23.9 Å². The molecule has 1 aromatic rings. The van der Waals surface area contributed by atoms with Crippen LogP contribution in [0.5, 0.6) is 0 Å². The fourth-order valence-electron chi connectivity index (χ4n) is 1.80. The van der Waals surface area contributed by atoms with E-state index < -0.39 is 19.6 Å². The molecule has 0 amide bonds. The molecule has 0 aromatic heterocycles. The lowest BCUT2D eigenvalue weighted by atomic mass is 9.77. The predicted molar refractivity (Wildman–Crippen MR) is 56.7 cm³/mol. The SMILES string of the molecule is Cc1cc(B(O)O)cc(C)c1C(F)(F)CO. The molecule has 0 bridgehead atoms. The Labute approximate surface area is 92.5 Å². The van der Waals surface area contributed by atoms with Crippen LogP contribution in [0.1, 0.15) is 16.7 Å². The van der Waals surface area contributed by atoms with Gasteiger partial charge in [-0.15, -0.1) is 0 Å². The third kappa shape index (κ3) is 2.40. The minimum Gasteiger partial charge on any atom is -0.423 e. The highest BCUT2D eigenvalue weighted by atomic mass is 19.3. The van der Waals surface area contributed by atoms with Gasteiger partial charge in [0.05, 0.1) is 0 Å². The van der Waals surface area contributed by atoms with Crippen LogP contribution in [0.15, 0.2) is 12.1 Å². The Hall–Kier alpha value is -0.975. The topological polar surface area (TPSA) is 60.7 Å². The minimum atomic E-state index is -3.31. The van der Waals surface area contributed by atoms with Crippen molar-refractivity contribution in [2.24, 2.45) is 0 Å². The smallest absolute Gasteiger partial charge is 0.423 e. The highest BCUT2D eigenvalue weighted by Crippen LogP contribution is 2.31. The van der Waals surface area contributed by atoms with Crippen LogP contribution in [-0.2, 0) is 5.92 Å². The molecule has 6 heteroatoms. The van der Waals surface area contributed by atoms with E-state index in [1.54, 1.807) is 0 Å². The Morgan fingerprint density at radius 2 is 1.62 bits per heavy atom. The zero-order valence-corrected chi connectivity index (χ0v) is 9.04. The summed E-state index contributed by atoms with van der Waals surface area (Å²) >= 11 is 0. The Morgan fingerprint density at radius 1 is 1.19 bits per heavy atom. The van der Waals surface area contributed by atoms with Crippen molar-refractivity contribution in [2.75, 3.05) is 6.61 Å². The first-order chi connectivity index (χ1) is 7.29. The van der Waals surface area contributed by atoms with E-state index in [2.05, 4.69) is 0 Å². The Balaban J connectivity index is 3.34. The summed E-state index contributed by atoms with van der Waals surface area (Å²) in [6, 6.07) is 2.55. The van der Waals surface area contributed by atoms with Crippen molar-refractivity contribution in [1.82, 2.24) is 0 Å². The largest absolute Gasteiger partial charge is 0.488 e. The van der Waals surface area contributed by atoms with E-state index in [9.17, 15) is 8.78 Å². The average molecular weight is 230 g/mol. The number of hydrogen-bond donors (Lipinski definition) is 3. The van der Waals surface area contributed by atoms with E-state index >= 15 is 0 Å². The third-order valence-corrected chi connectivity index (χ3v) is 2.42. The third-order valence-electron chi connectivity index (χ3n) is 2.42. The van der Waals surface area contributed by atoms with E-state index in [0.29, 0.717) is 0 Å². The Bertz CT molecular complexity index is 371. The second kappa shape index (κ2) is 4.49. The fraction of sp³-hybridized carbons (Fsp3) is 0.400. The van der Waals surface area contributed by atoms with E-state index in [1.165, 1.54) is 26.0 Å². The zero-order valence-electron chi connectivity index (χ0n) is 9.04. The highest BCUT2D eigenvalue weighted by Gasteiger charge is 2.34. The van der Waals surface area contributed by atoms with E-state index in [-0.39, 0.29) is 22.2 Å². The van der Waals surface area contributed by atoms with Gasteiger partial charge in [-0.25, -0.2) is 0 Å². The van der Waals surface area contributed by atoms with Crippen LogP contribution in [0.3, 0.4) is 0 Å². The maximum atomic E-state index is 13.4. The second-order valence-electron chi connectivity index (χ2n) is 3.77. The van der Waals surface area contributed by atoms with Crippen LogP contribution < -0.4 is 5.46 Å². The molecule has 0 aliphatic heterocycles. The van der Waals surface area contributed by atoms with Crippen molar-refractivity contribution >= 4 is 12.6 Å². The van der Waals surface area contributed by atoms with Crippen molar-refractivity contribution in [2.45, 2.75) is 19.8 Å². The summed E-state index contributed by atoms with van der Waals surface area (Å²) in [6.45, 7) is 1.62. The standard InChI is InChI=1S/C10H13BF2O3/c1-6-3-8(11(15)16)4-7(2)9(6)10(12,13)5-14/h3-4,14-16H,5H2,1-2H3. The van der Waals surface area contributed by atoms with Crippen molar-refractivity contribution in [3.63, 3.8) is 0 Å². The highest BCUT2D eigenvalue weighted by molar-refractivity contribution is 6.58. The molecule has 16 heavy (non-hydrogen) atoms. The average Bonchev–Trinajstić information content (AvgIpc) is 2.16. The Morgan fingerprint density at radius 3 is 1.94 bits per heavy atom. The Kier molecular flexibility index (Phi) is 3.67. The number of alkyl halides is 2. The number of benzene rings is 1. The van der Waals surface area contributed by atoms with Gasteiger partial charge in [0.1, 0.15) is 6.61 Å². The molecule has 3 nitrogen and oxygen atoms in total. The molecule has 0 heterocycles. The number of aryl methyl sites for hydroxylation is 2. The van der Waals surface area contributed by atoms with Crippen LogP contribution in [-0.4, -0.2) is 28.9 Å². The second-order valence-corrected chi connectivity index (χ2v) is 3.77. The first kappa shape index (κ1) is 13.1. The first-order valence-electron chi connectivity index (χ1n) is 4.76. The van der Waals surface area contributed by atoms with Gasteiger partial charge in [0, 0.05) is 5.56 Å². The predicted octanol–water partition coefficient (Wildman–Crippen LogP) is 0.0673. The first-order valence-corrected chi connectivity index (χ1v) is 4.76. The van der Waals surface area contributed by atoms with Crippen molar-refractivity contribution in [3.8, 4) is 0 Å². The molecule has 0 saturated carbocycles. The van der Waals surface area contributed by atoms with E-state index in [4.69, 9.17) is 15.2 Å². The number of rotatable bonds is 3. The van der Waals surface area contributed by atoms with E-state index in [1.807, 2.05) is 0 Å². The summed E-state index contributed by atoms with van der Waals surface area (Å²) in [4.78, 5) is 0. The van der Waals surface area contributed by atoms with Crippen molar-refractivity contribution in [3.05, 3.63) is 28.8 Å². The normalized spacial score (nSPS) is 11.7. The van der Waals surface area contributed by atoms with Gasteiger partial charge in [0.2, 0.25) is 0 Å². The molecule has 0 radical (unpaired) electrons. The molecule has 1 rings (SSSR count). The van der Waals surface area contributed by atoms with Crippen LogP contribution >= 0.6 is 0 Å². The van der Waals surface area contributed by atoms with Crippen molar-refractivity contribution in [1.29, 1.82) is 0 Å². The van der Waals surface area contributed by atoms with Crippen LogP contribution in [0.2, 0.25) is 0 Å². The van der Waals surface area contributed by atoms with Crippen LogP contribution in [0, 0.1) is 13.8 Å². The molecule has 3 N–H and O–H groups in total. The maximum absolute atomic E-state index is 13.4. The lowest BCUT2D eigenvalue weighted by molar-refractivity contribution is -0.0565. The summed E-state index contributed by atoms with van der Waals surface area (Å²) < 4.78 is 26.7. The van der Waals surface area contributed by atoms with Crippen LogP contribution in [0.25, 0.3) is 0 Å². The fourth-order valence-corrected chi connectivity index (χ4v) is 1.80. The molecule has 0 aliphatic rings. The van der Waals surface area contributed by atoms with Gasteiger partial charge in [-0.05, 0) is 30.4 Å². The monoisotopic (exact) mass is 230 g/mol. The summed E-state index contributed by atoms with van der Waals surface area (Å²) in [5, 5.41) is 26.5. The number of aliphatic hydroxyl groups is 1. The van der Waals surface area contributed by atoms with Gasteiger partial charge in [-0.3, -0.25) is 0 Å². The molecule has 88 valence electrons. The zero-order chi connectivity index (χ0) is 12.5. The summed E-state index contributed by atoms with van der Waals surface area (Å²) in [5.74, 6) is -3.31. The lowest BCUT2D eigenvalue weighted by Gasteiger charge is -2.20. The van der Waals surface area contributed by atoms with Gasteiger partial charge in [-0.1, -0.05) is 12.1 Å². The van der Waals surface area contributed by atoms with Crippen LogP contribution in [0.4, 0.5) is 8.78 Å². The summed E-state index contributed by atoms with van der Waals surface area (Å²) in [6.07, 6.45) is 0. The molecule has 1 aromatic carbocycles. The van der Waals surface area contributed by atoms with Gasteiger partial charge in [0.25, 0.3) is 5.92 Å². The quantitative estimate of drug-likeness (QED) is 0.644. The van der Waals surface area contributed by atoms with E-state index in [0.717, 1.165) is 0 Å². The molecule has 0 unspecified atom stereocenters. The number of halogens is 2. The van der Waals surface area contributed by atoms with Gasteiger partial charge in [-0.2, -0.15) is 8.78 Å². The summed E-state index contributed by atoms with van der Waals surface area (Å²) in [5.41, 5.74) is 0.344. The number of hydrogen-bond acceptors (Lipinski definition) is 3. The molecule has 0 spiro atoms. The lowest BCUT2D eigenvalue weighted by Crippen LogP contribution is -2.32. The molecule has 0 atom stereocenters. The molecular weight excluding hydrogens is 217 g/mol. The van der Waals surface area contributed by atoms with Gasteiger partial charge < -0.3 is 15.2 Å².